The Labute approximate surface area is 146 Å². The van der Waals surface area contributed by atoms with Gasteiger partial charge in [0, 0.05) is 17.8 Å². The molecular weight excluding hydrogens is 314 g/mol. The topological polar surface area (TPSA) is 59.4 Å². The Balaban J connectivity index is 1.84. The van der Waals surface area contributed by atoms with Gasteiger partial charge < -0.3 is 9.84 Å². The van der Waals surface area contributed by atoms with Crippen molar-refractivity contribution < 1.29 is 14.6 Å². The van der Waals surface area contributed by atoms with Crippen LogP contribution in [0.4, 0.5) is 0 Å². The smallest absolute Gasteiger partial charge is 0.213 e. The van der Waals surface area contributed by atoms with Crippen molar-refractivity contribution in [3.05, 3.63) is 77.0 Å². The molecule has 1 aromatic heterocycles. The molecule has 3 rings (SSSR count). The fourth-order valence-corrected chi connectivity index (χ4v) is 2.78. The third kappa shape index (κ3) is 3.69. The van der Waals surface area contributed by atoms with Gasteiger partial charge in [-0.15, -0.1) is 0 Å². The summed E-state index contributed by atoms with van der Waals surface area (Å²) in [6.45, 7) is 4.43. The van der Waals surface area contributed by atoms with E-state index in [1.807, 2.05) is 25.1 Å². The van der Waals surface area contributed by atoms with E-state index in [4.69, 9.17) is 4.74 Å². The van der Waals surface area contributed by atoms with Crippen molar-refractivity contribution in [2.24, 2.45) is 0 Å². The standard InChI is InChI=1S/C21H19NO3/c1-14-10-18(24)7-8-19(14)20-5-3-4-17(15(20)2)13-25-21-9-6-16(12-23)11-22-21/h3-12,24H,13H2,1-2H3. The van der Waals surface area contributed by atoms with Gasteiger partial charge in [0.15, 0.2) is 6.29 Å². The molecule has 2 aromatic carbocycles. The van der Waals surface area contributed by atoms with Crippen LogP contribution in [-0.2, 0) is 6.61 Å². The Morgan fingerprint density at radius 2 is 1.92 bits per heavy atom. The lowest BCUT2D eigenvalue weighted by Crippen LogP contribution is -2.01. The van der Waals surface area contributed by atoms with Crippen LogP contribution in [0, 0.1) is 13.8 Å². The summed E-state index contributed by atoms with van der Waals surface area (Å²) in [5.41, 5.74) is 5.93. The lowest BCUT2D eigenvalue weighted by molar-refractivity contribution is 0.112. The summed E-state index contributed by atoms with van der Waals surface area (Å²) in [6, 6.07) is 14.8. The summed E-state index contributed by atoms with van der Waals surface area (Å²) in [6.07, 6.45) is 2.25. The minimum absolute atomic E-state index is 0.267. The van der Waals surface area contributed by atoms with Gasteiger partial charge in [0.25, 0.3) is 0 Å². The number of hydrogen-bond acceptors (Lipinski definition) is 4. The molecule has 4 nitrogen and oxygen atoms in total. The number of rotatable bonds is 5. The normalized spacial score (nSPS) is 10.5. The Bertz CT molecular complexity index is 902. The number of ether oxygens (including phenoxy) is 1. The van der Waals surface area contributed by atoms with E-state index in [1.54, 1.807) is 24.3 Å². The molecular formula is C21H19NO3. The lowest BCUT2D eigenvalue weighted by Gasteiger charge is -2.14. The zero-order valence-electron chi connectivity index (χ0n) is 14.2. The number of aldehydes is 1. The van der Waals surface area contributed by atoms with Gasteiger partial charge in [-0.2, -0.15) is 0 Å². The maximum atomic E-state index is 10.7. The van der Waals surface area contributed by atoms with E-state index < -0.39 is 0 Å². The molecule has 0 radical (unpaired) electrons. The zero-order valence-corrected chi connectivity index (χ0v) is 14.2. The second kappa shape index (κ2) is 7.18. The van der Waals surface area contributed by atoms with Crippen molar-refractivity contribution in [1.29, 1.82) is 0 Å². The Morgan fingerprint density at radius 3 is 2.60 bits per heavy atom. The van der Waals surface area contributed by atoms with E-state index in [0.717, 1.165) is 34.1 Å². The molecule has 0 aliphatic heterocycles. The molecule has 3 aromatic rings. The summed E-state index contributed by atoms with van der Waals surface area (Å²) >= 11 is 0. The molecule has 25 heavy (non-hydrogen) atoms. The van der Waals surface area contributed by atoms with Gasteiger partial charge in [0.1, 0.15) is 12.4 Å². The highest BCUT2D eigenvalue weighted by atomic mass is 16.5. The van der Waals surface area contributed by atoms with Crippen LogP contribution in [0.15, 0.2) is 54.7 Å². The number of phenols is 1. The first-order chi connectivity index (χ1) is 12.1. The Hall–Kier alpha value is -3.14. The van der Waals surface area contributed by atoms with Crippen LogP contribution in [0.5, 0.6) is 11.6 Å². The SMILES string of the molecule is Cc1cc(O)ccc1-c1cccc(COc2ccc(C=O)cn2)c1C. The number of pyridine rings is 1. The first-order valence-corrected chi connectivity index (χ1v) is 8.01. The lowest BCUT2D eigenvalue weighted by atomic mass is 9.94. The van der Waals surface area contributed by atoms with Crippen LogP contribution in [0.25, 0.3) is 11.1 Å². The van der Waals surface area contributed by atoms with Crippen LogP contribution in [0.3, 0.4) is 0 Å². The molecule has 1 N–H and O–H groups in total. The minimum Gasteiger partial charge on any atom is -0.508 e. The van der Waals surface area contributed by atoms with Gasteiger partial charge in [-0.25, -0.2) is 4.98 Å². The number of nitrogens with zero attached hydrogens (tertiary/aromatic N) is 1. The fraction of sp³-hybridized carbons (Fsp3) is 0.143. The molecule has 0 saturated carbocycles. The van der Waals surface area contributed by atoms with E-state index >= 15 is 0 Å². The molecule has 0 atom stereocenters. The summed E-state index contributed by atoms with van der Waals surface area (Å²) < 4.78 is 5.75. The summed E-state index contributed by atoms with van der Waals surface area (Å²) in [4.78, 5) is 14.8. The van der Waals surface area contributed by atoms with Gasteiger partial charge in [-0.1, -0.05) is 24.3 Å². The number of carbonyl (C=O) groups is 1. The largest absolute Gasteiger partial charge is 0.508 e. The van der Waals surface area contributed by atoms with Crippen molar-refractivity contribution in [2.45, 2.75) is 20.5 Å². The van der Waals surface area contributed by atoms with E-state index in [1.165, 1.54) is 6.20 Å². The van der Waals surface area contributed by atoms with Crippen LogP contribution in [-0.4, -0.2) is 16.4 Å². The molecule has 0 unspecified atom stereocenters. The minimum atomic E-state index is 0.267. The van der Waals surface area contributed by atoms with Crippen LogP contribution < -0.4 is 4.74 Å². The first-order valence-electron chi connectivity index (χ1n) is 8.01. The second-order valence-corrected chi connectivity index (χ2v) is 5.93. The number of aryl methyl sites for hydroxylation is 1. The van der Waals surface area contributed by atoms with Crippen LogP contribution in [0.1, 0.15) is 27.0 Å². The maximum Gasteiger partial charge on any atom is 0.213 e. The highest BCUT2D eigenvalue weighted by molar-refractivity contribution is 5.74. The van der Waals surface area contributed by atoms with Crippen LogP contribution in [0.2, 0.25) is 0 Å². The molecule has 0 fully saturated rings. The van der Waals surface area contributed by atoms with E-state index in [2.05, 4.69) is 18.0 Å². The third-order valence-electron chi connectivity index (χ3n) is 4.22. The average Bonchev–Trinajstić information content (AvgIpc) is 2.62. The molecule has 4 heteroatoms. The van der Waals surface area contributed by atoms with Crippen molar-refractivity contribution in [3.8, 4) is 22.8 Å². The fourth-order valence-electron chi connectivity index (χ4n) is 2.78. The molecule has 0 aliphatic carbocycles. The van der Waals surface area contributed by atoms with Gasteiger partial charge in [0.05, 0.1) is 0 Å². The predicted octanol–water partition coefficient (Wildman–Crippen LogP) is 4.46. The van der Waals surface area contributed by atoms with Crippen LogP contribution >= 0.6 is 0 Å². The molecule has 0 saturated heterocycles. The van der Waals surface area contributed by atoms with Gasteiger partial charge >= 0.3 is 0 Å². The third-order valence-corrected chi connectivity index (χ3v) is 4.22. The number of aromatic nitrogens is 1. The quantitative estimate of drug-likeness (QED) is 0.700. The molecule has 0 bridgehead atoms. The Morgan fingerprint density at radius 1 is 1.08 bits per heavy atom. The van der Waals surface area contributed by atoms with Crippen molar-refractivity contribution in [2.75, 3.05) is 0 Å². The van der Waals surface area contributed by atoms with E-state index in [-0.39, 0.29) is 5.75 Å². The van der Waals surface area contributed by atoms with Gasteiger partial charge in [-0.3, -0.25) is 4.79 Å². The van der Waals surface area contributed by atoms with Crippen molar-refractivity contribution in [3.63, 3.8) is 0 Å². The number of carbonyl (C=O) groups excluding carboxylic acids is 1. The highest BCUT2D eigenvalue weighted by Gasteiger charge is 2.10. The summed E-state index contributed by atoms with van der Waals surface area (Å²) in [7, 11) is 0. The maximum absolute atomic E-state index is 10.7. The summed E-state index contributed by atoms with van der Waals surface area (Å²) in [5, 5.41) is 9.61. The predicted molar refractivity (Wildman–Crippen MR) is 97.0 cm³/mol. The van der Waals surface area contributed by atoms with Gasteiger partial charge in [0.2, 0.25) is 5.88 Å². The second-order valence-electron chi connectivity index (χ2n) is 5.93. The number of aromatic hydroxyl groups is 1. The molecule has 126 valence electrons. The molecule has 0 spiro atoms. The summed E-state index contributed by atoms with van der Waals surface area (Å²) in [5.74, 6) is 0.749. The first kappa shape index (κ1) is 16.7. The Kier molecular flexibility index (Phi) is 4.80. The molecule has 0 amide bonds. The average molecular weight is 333 g/mol. The van der Waals surface area contributed by atoms with Crippen molar-refractivity contribution >= 4 is 6.29 Å². The number of hydrogen-bond donors (Lipinski definition) is 1. The zero-order chi connectivity index (χ0) is 17.8. The number of benzene rings is 2. The highest BCUT2D eigenvalue weighted by Crippen LogP contribution is 2.30. The van der Waals surface area contributed by atoms with Crippen molar-refractivity contribution in [1.82, 2.24) is 4.98 Å². The number of phenolic OH excluding ortho intramolecular Hbond substituents is 1. The van der Waals surface area contributed by atoms with E-state index in [9.17, 15) is 9.90 Å². The van der Waals surface area contributed by atoms with E-state index in [0.29, 0.717) is 18.1 Å². The molecule has 1 heterocycles. The van der Waals surface area contributed by atoms with Gasteiger partial charge in [-0.05, 0) is 59.9 Å². The molecule has 0 aliphatic rings. The monoisotopic (exact) mass is 333 g/mol.